The number of nitrogens with one attached hydrogen (secondary N) is 1. The highest BCUT2D eigenvalue weighted by molar-refractivity contribution is 8.00. The fraction of sp³-hybridized carbons (Fsp3) is 0.625. The van der Waals surface area contributed by atoms with Crippen LogP contribution in [-0.4, -0.2) is 27.2 Å². The zero-order valence-corrected chi connectivity index (χ0v) is 14.6. The molecule has 2 rings (SSSR count). The maximum atomic E-state index is 12.4. The van der Waals surface area contributed by atoms with E-state index in [1.54, 1.807) is 0 Å². The van der Waals surface area contributed by atoms with Crippen LogP contribution in [0.4, 0.5) is 5.82 Å². The van der Waals surface area contributed by atoms with Gasteiger partial charge < -0.3 is 11.1 Å². The Hall–Kier alpha value is -1.81. The Labute approximate surface area is 141 Å². The average molecular weight is 333 g/mol. The van der Waals surface area contributed by atoms with Crippen molar-refractivity contribution in [2.75, 3.05) is 5.73 Å². The molecular weight excluding hydrogens is 310 g/mol. The van der Waals surface area contributed by atoms with Gasteiger partial charge in [0.05, 0.1) is 11.4 Å². The number of hydrogen-bond donors (Lipinski definition) is 2. The summed E-state index contributed by atoms with van der Waals surface area (Å²) in [5.41, 5.74) is 5.93. The minimum atomic E-state index is -0.313. The van der Waals surface area contributed by atoms with Crippen LogP contribution in [0.5, 0.6) is 0 Å². The molecular formula is C16H23N5OS. The molecule has 3 N–H and O–H groups in total. The molecule has 0 unspecified atom stereocenters. The topological polar surface area (TPSA) is 105 Å². The third-order valence-electron chi connectivity index (χ3n) is 4.60. The number of rotatable bonds is 4. The standard InChI is InChI=1S/C16H23N5OS/c1-9-5-4-6-13(10(9)2)20-15(22)11(3)23-16-19-8-12(7-17)14(18)21-16/h8-11,13H,4-6H2,1-3H3,(H,20,22)(H2,18,19,21)/t9-,10-,11+,13-/m1/s1. The van der Waals surface area contributed by atoms with Crippen LogP contribution in [-0.2, 0) is 4.79 Å². The lowest BCUT2D eigenvalue weighted by molar-refractivity contribution is -0.121. The van der Waals surface area contributed by atoms with Crippen LogP contribution in [0.15, 0.2) is 11.4 Å². The lowest BCUT2D eigenvalue weighted by atomic mass is 9.78. The molecule has 0 aromatic carbocycles. The molecule has 7 heteroatoms. The summed E-state index contributed by atoms with van der Waals surface area (Å²) in [6.45, 7) is 6.28. The number of anilines is 1. The van der Waals surface area contributed by atoms with Gasteiger partial charge in [-0.1, -0.05) is 38.5 Å². The number of amides is 1. The maximum absolute atomic E-state index is 12.4. The maximum Gasteiger partial charge on any atom is 0.233 e. The monoisotopic (exact) mass is 333 g/mol. The Balaban J connectivity index is 1.95. The molecule has 1 heterocycles. The first kappa shape index (κ1) is 17.5. The fourth-order valence-electron chi connectivity index (χ4n) is 2.82. The molecule has 0 radical (unpaired) electrons. The molecule has 0 bridgehead atoms. The highest BCUT2D eigenvalue weighted by atomic mass is 32.2. The predicted molar refractivity (Wildman–Crippen MR) is 90.6 cm³/mol. The number of nitrogens with two attached hydrogens (primary N) is 1. The van der Waals surface area contributed by atoms with Gasteiger partial charge in [-0.05, 0) is 25.2 Å². The van der Waals surface area contributed by atoms with E-state index < -0.39 is 0 Å². The van der Waals surface area contributed by atoms with E-state index in [2.05, 4.69) is 29.1 Å². The molecule has 0 saturated heterocycles. The van der Waals surface area contributed by atoms with E-state index in [9.17, 15) is 4.79 Å². The van der Waals surface area contributed by atoms with Crippen molar-refractivity contribution in [2.45, 2.75) is 56.5 Å². The summed E-state index contributed by atoms with van der Waals surface area (Å²) in [7, 11) is 0. The summed E-state index contributed by atoms with van der Waals surface area (Å²) in [5, 5.41) is 12.1. The van der Waals surface area contributed by atoms with Gasteiger partial charge >= 0.3 is 0 Å². The number of carbonyl (C=O) groups is 1. The number of carbonyl (C=O) groups excluding carboxylic acids is 1. The van der Waals surface area contributed by atoms with Gasteiger partial charge in [-0.15, -0.1) is 0 Å². The van der Waals surface area contributed by atoms with Gasteiger partial charge in [-0.2, -0.15) is 5.26 Å². The molecule has 0 spiro atoms. The smallest absolute Gasteiger partial charge is 0.233 e. The molecule has 124 valence electrons. The van der Waals surface area contributed by atoms with Crippen LogP contribution in [0.1, 0.15) is 45.6 Å². The molecule has 1 fully saturated rings. The SMILES string of the molecule is C[C@@H]1[C@H](C)CCC[C@H]1NC(=O)[C@H](C)Sc1ncc(C#N)c(N)n1. The predicted octanol–water partition coefficient (Wildman–Crippen LogP) is 2.35. The Kier molecular flexibility index (Phi) is 5.83. The fourth-order valence-corrected chi connectivity index (χ4v) is 3.57. The summed E-state index contributed by atoms with van der Waals surface area (Å²) in [5.74, 6) is 1.27. The number of aromatic nitrogens is 2. The second-order valence-electron chi connectivity index (χ2n) is 6.21. The third-order valence-corrected chi connectivity index (χ3v) is 5.58. The molecule has 1 aromatic heterocycles. The average Bonchev–Trinajstić information content (AvgIpc) is 2.52. The molecule has 0 aliphatic heterocycles. The van der Waals surface area contributed by atoms with Crippen LogP contribution < -0.4 is 11.1 Å². The normalized spacial score (nSPS) is 25.4. The van der Waals surface area contributed by atoms with Crippen molar-refractivity contribution < 1.29 is 4.79 Å². The van der Waals surface area contributed by atoms with Gasteiger partial charge in [0.25, 0.3) is 0 Å². The number of hydrogen-bond acceptors (Lipinski definition) is 6. The third kappa shape index (κ3) is 4.35. The largest absolute Gasteiger partial charge is 0.382 e. The molecule has 1 amide bonds. The summed E-state index contributed by atoms with van der Waals surface area (Å²) in [4.78, 5) is 20.5. The van der Waals surface area contributed by atoms with Crippen LogP contribution in [0.3, 0.4) is 0 Å². The van der Waals surface area contributed by atoms with Crippen molar-refractivity contribution in [2.24, 2.45) is 11.8 Å². The number of nitrogen functional groups attached to an aromatic ring is 1. The van der Waals surface area contributed by atoms with Gasteiger partial charge in [0.2, 0.25) is 5.91 Å². The summed E-state index contributed by atoms with van der Waals surface area (Å²) in [6.07, 6.45) is 4.82. The first-order chi connectivity index (χ1) is 10.9. The van der Waals surface area contributed by atoms with E-state index in [0.29, 0.717) is 17.0 Å². The highest BCUT2D eigenvalue weighted by Crippen LogP contribution is 2.30. The summed E-state index contributed by atoms with van der Waals surface area (Å²) < 4.78 is 0. The first-order valence-electron chi connectivity index (χ1n) is 7.92. The van der Waals surface area contributed by atoms with E-state index in [1.807, 2.05) is 13.0 Å². The van der Waals surface area contributed by atoms with Gasteiger partial charge in [0.15, 0.2) is 5.16 Å². The van der Waals surface area contributed by atoms with Crippen molar-refractivity contribution in [3.8, 4) is 6.07 Å². The lowest BCUT2D eigenvalue weighted by Gasteiger charge is -2.35. The minimum absolute atomic E-state index is 0.00696. The van der Waals surface area contributed by atoms with E-state index >= 15 is 0 Å². The molecule has 4 atom stereocenters. The van der Waals surface area contributed by atoms with Crippen LogP contribution >= 0.6 is 11.8 Å². The zero-order chi connectivity index (χ0) is 17.0. The molecule has 1 aromatic rings. The molecule has 1 aliphatic rings. The van der Waals surface area contributed by atoms with Crippen LogP contribution in [0.25, 0.3) is 0 Å². The van der Waals surface area contributed by atoms with Gasteiger partial charge in [0.1, 0.15) is 17.5 Å². The summed E-state index contributed by atoms with van der Waals surface area (Å²) >= 11 is 1.25. The Morgan fingerprint density at radius 3 is 2.91 bits per heavy atom. The molecule has 1 aliphatic carbocycles. The number of thioether (sulfide) groups is 1. The minimum Gasteiger partial charge on any atom is -0.382 e. The van der Waals surface area contributed by atoms with Crippen molar-refractivity contribution in [1.82, 2.24) is 15.3 Å². The molecule has 6 nitrogen and oxygen atoms in total. The quantitative estimate of drug-likeness (QED) is 0.647. The Morgan fingerprint density at radius 1 is 1.52 bits per heavy atom. The lowest BCUT2D eigenvalue weighted by Crippen LogP contribution is -2.46. The number of nitrogens with zero attached hydrogens (tertiary/aromatic N) is 3. The van der Waals surface area contributed by atoms with Gasteiger partial charge in [-0.3, -0.25) is 4.79 Å². The van der Waals surface area contributed by atoms with E-state index in [-0.39, 0.29) is 28.6 Å². The van der Waals surface area contributed by atoms with E-state index in [0.717, 1.165) is 12.8 Å². The Bertz CT molecular complexity index is 615. The van der Waals surface area contributed by atoms with Crippen molar-refractivity contribution in [3.05, 3.63) is 11.8 Å². The van der Waals surface area contributed by atoms with Gasteiger partial charge in [0, 0.05) is 6.04 Å². The second kappa shape index (κ2) is 7.64. The first-order valence-corrected chi connectivity index (χ1v) is 8.80. The molecule has 1 saturated carbocycles. The summed E-state index contributed by atoms with van der Waals surface area (Å²) in [6, 6.07) is 2.16. The van der Waals surface area contributed by atoms with E-state index in [1.165, 1.54) is 24.4 Å². The zero-order valence-electron chi connectivity index (χ0n) is 13.7. The second-order valence-corrected chi connectivity index (χ2v) is 7.51. The van der Waals surface area contributed by atoms with Crippen molar-refractivity contribution in [1.29, 1.82) is 5.26 Å². The van der Waals surface area contributed by atoms with Gasteiger partial charge in [-0.25, -0.2) is 9.97 Å². The molecule has 23 heavy (non-hydrogen) atoms. The van der Waals surface area contributed by atoms with E-state index in [4.69, 9.17) is 11.0 Å². The van der Waals surface area contributed by atoms with Crippen LogP contribution in [0.2, 0.25) is 0 Å². The number of nitriles is 1. The van der Waals surface area contributed by atoms with Crippen LogP contribution in [0, 0.1) is 23.2 Å². The van der Waals surface area contributed by atoms with Crippen molar-refractivity contribution >= 4 is 23.5 Å². The Morgan fingerprint density at radius 2 is 2.26 bits per heavy atom. The highest BCUT2D eigenvalue weighted by Gasteiger charge is 2.29. The van der Waals surface area contributed by atoms with Crippen molar-refractivity contribution in [3.63, 3.8) is 0 Å².